The summed E-state index contributed by atoms with van der Waals surface area (Å²) in [5.74, 6) is -0.247. The van der Waals surface area contributed by atoms with Gasteiger partial charge in [-0.05, 0) is 30.3 Å². The summed E-state index contributed by atoms with van der Waals surface area (Å²) in [5, 5.41) is 0. The van der Waals surface area contributed by atoms with Crippen molar-refractivity contribution in [1.29, 1.82) is 0 Å². The molecule has 180 valence electrons. The molecule has 1 aliphatic rings. The Morgan fingerprint density at radius 3 is 2.59 bits per heavy atom. The third-order valence-corrected chi connectivity index (χ3v) is 7.53. The van der Waals surface area contributed by atoms with Crippen molar-refractivity contribution in [3.63, 3.8) is 0 Å². The van der Waals surface area contributed by atoms with Crippen LogP contribution in [0.1, 0.15) is 0 Å². The Kier molecular flexibility index (Phi) is 8.36. The maximum absolute atomic E-state index is 13.6. The molecule has 34 heavy (non-hydrogen) atoms. The highest BCUT2D eigenvalue weighted by Crippen LogP contribution is 2.19. The molecule has 0 bridgehead atoms. The number of rotatable bonds is 8. The number of thioether (sulfide) groups is 1. The van der Waals surface area contributed by atoms with Gasteiger partial charge in [0.15, 0.2) is 4.80 Å². The monoisotopic (exact) mass is 502 g/mol. The summed E-state index contributed by atoms with van der Waals surface area (Å²) in [7, 11) is 1.60. The van der Waals surface area contributed by atoms with Crippen LogP contribution in [0.5, 0.6) is 0 Å². The molecule has 0 unspecified atom stereocenters. The van der Waals surface area contributed by atoms with E-state index < -0.39 is 0 Å². The molecule has 1 saturated heterocycles. The Morgan fingerprint density at radius 1 is 1.09 bits per heavy atom. The number of methoxy groups -OCH3 is 1. The first-order chi connectivity index (χ1) is 16.5. The van der Waals surface area contributed by atoms with Crippen LogP contribution in [-0.4, -0.2) is 72.7 Å². The fourth-order valence-electron chi connectivity index (χ4n) is 3.84. The standard InChI is InChI=1S/C24H27FN4O3S2/c1-32-14-13-29-20-8-7-18(25)15-21(20)34-24(29)26-22(30)16-33-17-23(31)28-11-9-27(10-12-28)19-5-3-2-4-6-19/h2-8,15H,9-14,16-17H2,1H3. The number of nitrogens with zero attached hydrogens (tertiary/aromatic N) is 4. The summed E-state index contributed by atoms with van der Waals surface area (Å²) in [5.41, 5.74) is 1.98. The fraction of sp³-hybridized carbons (Fsp3) is 0.375. The second-order valence-electron chi connectivity index (χ2n) is 7.84. The van der Waals surface area contributed by atoms with E-state index in [1.54, 1.807) is 13.2 Å². The Hall–Kier alpha value is -2.69. The Labute approximate surface area is 205 Å². The van der Waals surface area contributed by atoms with Crippen LogP contribution in [0.4, 0.5) is 10.1 Å². The lowest BCUT2D eigenvalue weighted by atomic mass is 10.2. The minimum absolute atomic E-state index is 0.0398. The normalized spacial score (nSPS) is 14.7. The van der Waals surface area contributed by atoms with E-state index in [-0.39, 0.29) is 29.1 Å². The van der Waals surface area contributed by atoms with Gasteiger partial charge in [-0.15, -0.1) is 11.8 Å². The third-order valence-electron chi connectivity index (χ3n) is 5.59. The number of thiazole rings is 1. The van der Waals surface area contributed by atoms with Gasteiger partial charge in [0.25, 0.3) is 5.91 Å². The zero-order valence-corrected chi connectivity index (χ0v) is 20.6. The number of amides is 2. The van der Waals surface area contributed by atoms with E-state index in [1.807, 2.05) is 27.7 Å². The van der Waals surface area contributed by atoms with Gasteiger partial charge in [0.1, 0.15) is 5.82 Å². The maximum atomic E-state index is 13.6. The van der Waals surface area contributed by atoms with Crippen molar-refractivity contribution >= 4 is 50.8 Å². The van der Waals surface area contributed by atoms with Gasteiger partial charge in [-0.1, -0.05) is 29.5 Å². The van der Waals surface area contributed by atoms with Crippen LogP contribution >= 0.6 is 23.1 Å². The van der Waals surface area contributed by atoms with Gasteiger partial charge in [-0.25, -0.2) is 4.39 Å². The van der Waals surface area contributed by atoms with Crippen LogP contribution in [-0.2, 0) is 20.9 Å². The quantitative estimate of drug-likeness (QED) is 0.474. The summed E-state index contributed by atoms with van der Waals surface area (Å²) in [4.78, 5) is 34.0. The molecule has 10 heteroatoms. The van der Waals surface area contributed by atoms with Crippen LogP contribution in [0.15, 0.2) is 53.5 Å². The molecule has 1 fully saturated rings. The third kappa shape index (κ3) is 6.05. The number of fused-ring (bicyclic) bond motifs is 1. The topological polar surface area (TPSA) is 67.1 Å². The number of para-hydroxylation sites is 1. The highest BCUT2D eigenvalue weighted by Gasteiger charge is 2.21. The lowest BCUT2D eigenvalue weighted by molar-refractivity contribution is -0.128. The maximum Gasteiger partial charge on any atom is 0.258 e. The number of benzene rings is 2. The molecule has 4 rings (SSSR count). The molecular weight excluding hydrogens is 475 g/mol. The molecule has 0 aliphatic carbocycles. The number of hydrogen-bond acceptors (Lipinski definition) is 6. The molecule has 0 atom stereocenters. The number of hydrogen-bond donors (Lipinski definition) is 0. The van der Waals surface area contributed by atoms with E-state index in [0.29, 0.717) is 31.0 Å². The molecule has 0 spiro atoms. The van der Waals surface area contributed by atoms with E-state index in [9.17, 15) is 14.0 Å². The van der Waals surface area contributed by atoms with Gasteiger partial charge in [0.05, 0.1) is 28.3 Å². The van der Waals surface area contributed by atoms with Crippen molar-refractivity contribution < 1.29 is 18.7 Å². The van der Waals surface area contributed by atoms with Crippen molar-refractivity contribution in [3.8, 4) is 0 Å². The highest BCUT2D eigenvalue weighted by molar-refractivity contribution is 8.00. The van der Waals surface area contributed by atoms with E-state index in [4.69, 9.17) is 4.74 Å². The molecule has 0 saturated carbocycles. The van der Waals surface area contributed by atoms with Crippen LogP contribution in [0.3, 0.4) is 0 Å². The smallest absolute Gasteiger partial charge is 0.258 e. The average Bonchev–Trinajstić information content (AvgIpc) is 3.18. The summed E-state index contributed by atoms with van der Waals surface area (Å²) in [6.07, 6.45) is 0. The lowest BCUT2D eigenvalue weighted by Crippen LogP contribution is -2.49. The molecular formula is C24H27FN4O3S2. The van der Waals surface area contributed by atoms with Crippen molar-refractivity contribution in [2.24, 2.45) is 4.99 Å². The van der Waals surface area contributed by atoms with Crippen molar-refractivity contribution in [3.05, 3.63) is 59.1 Å². The Balaban J connectivity index is 1.31. The Morgan fingerprint density at radius 2 is 1.85 bits per heavy atom. The van der Waals surface area contributed by atoms with Crippen LogP contribution in [0.25, 0.3) is 10.2 Å². The van der Waals surface area contributed by atoms with Gasteiger partial charge in [-0.3, -0.25) is 9.59 Å². The number of anilines is 1. The minimum atomic E-state index is -0.329. The molecule has 0 N–H and O–H groups in total. The first-order valence-electron chi connectivity index (χ1n) is 11.1. The fourth-order valence-corrected chi connectivity index (χ4v) is 5.64. The molecule has 3 aromatic rings. The largest absolute Gasteiger partial charge is 0.383 e. The van der Waals surface area contributed by atoms with Gasteiger partial charge < -0.3 is 19.1 Å². The van der Waals surface area contributed by atoms with Crippen molar-refractivity contribution in [2.75, 3.05) is 56.3 Å². The number of aromatic nitrogens is 1. The molecule has 2 heterocycles. The van der Waals surface area contributed by atoms with Crippen LogP contribution < -0.4 is 9.70 Å². The second-order valence-corrected chi connectivity index (χ2v) is 9.84. The first-order valence-corrected chi connectivity index (χ1v) is 13.0. The molecule has 0 radical (unpaired) electrons. The summed E-state index contributed by atoms with van der Waals surface area (Å²) >= 11 is 2.54. The minimum Gasteiger partial charge on any atom is -0.383 e. The molecule has 1 aromatic heterocycles. The van der Waals surface area contributed by atoms with E-state index in [2.05, 4.69) is 22.0 Å². The van der Waals surface area contributed by atoms with Gasteiger partial charge in [0.2, 0.25) is 5.91 Å². The molecule has 1 aliphatic heterocycles. The number of carbonyl (C=O) groups excluding carboxylic acids is 2. The van der Waals surface area contributed by atoms with Gasteiger partial charge >= 0.3 is 0 Å². The van der Waals surface area contributed by atoms with E-state index in [1.165, 1.54) is 40.9 Å². The average molecular weight is 503 g/mol. The Bertz CT molecular complexity index is 1200. The second kappa shape index (κ2) is 11.6. The predicted octanol–water partition coefficient (Wildman–Crippen LogP) is 3.00. The number of carbonyl (C=O) groups is 2. The number of ether oxygens (including phenoxy) is 1. The zero-order chi connectivity index (χ0) is 23.9. The summed E-state index contributed by atoms with van der Waals surface area (Å²) in [6.45, 7) is 3.89. The summed E-state index contributed by atoms with van der Waals surface area (Å²) in [6, 6.07) is 14.7. The van der Waals surface area contributed by atoms with E-state index >= 15 is 0 Å². The van der Waals surface area contributed by atoms with Crippen molar-refractivity contribution in [1.82, 2.24) is 9.47 Å². The highest BCUT2D eigenvalue weighted by atomic mass is 32.2. The van der Waals surface area contributed by atoms with Gasteiger partial charge in [0, 0.05) is 45.5 Å². The predicted molar refractivity (Wildman–Crippen MR) is 135 cm³/mol. The van der Waals surface area contributed by atoms with Gasteiger partial charge in [-0.2, -0.15) is 4.99 Å². The zero-order valence-electron chi connectivity index (χ0n) is 19.0. The van der Waals surface area contributed by atoms with E-state index in [0.717, 1.165) is 23.3 Å². The number of piperazine rings is 1. The first kappa shape index (κ1) is 24.4. The van der Waals surface area contributed by atoms with Crippen LogP contribution in [0.2, 0.25) is 0 Å². The lowest BCUT2D eigenvalue weighted by Gasteiger charge is -2.36. The summed E-state index contributed by atoms with van der Waals surface area (Å²) < 4.78 is 21.4. The van der Waals surface area contributed by atoms with Crippen molar-refractivity contribution in [2.45, 2.75) is 6.54 Å². The van der Waals surface area contributed by atoms with Crippen LogP contribution in [0, 0.1) is 5.82 Å². The number of halogens is 1. The molecule has 2 aromatic carbocycles. The molecule has 2 amide bonds. The SMILES string of the molecule is COCCn1c(=NC(=O)CSCC(=O)N2CCN(c3ccccc3)CC2)sc2cc(F)ccc21. The molecule has 7 nitrogen and oxygen atoms in total.